The van der Waals surface area contributed by atoms with E-state index in [2.05, 4.69) is 31.4 Å². The minimum Gasteiger partial charge on any atom is -0.303 e. The molecule has 1 saturated heterocycles. The van der Waals surface area contributed by atoms with Crippen molar-refractivity contribution in [2.24, 2.45) is 10.2 Å². The molecule has 1 aliphatic rings. The van der Waals surface area contributed by atoms with Crippen molar-refractivity contribution in [1.29, 1.82) is 0 Å². The van der Waals surface area contributed by atoms with Gasteiger partial charge in [-0.05, 0) is 12.1 Å². The third-order valence-electron chi connectivity index (χ3n) is 1.97. The summed E-state index contributed by atoms with van der Waals surface area (Å²) in [6, 6.07) is 2.69. The fraction of sp³-hybridized carbons (Fsp3) is 0.100. The Kier molecular flexibility index (Phi) is 4.36. The number of amidine groups is 1. The maximum Gasteiger partial charge on any atom is 0.236 e. The smallest absolute Gasteiger partial charge is 0.236 e. The summed E-state index contributed by atoms with van der Waals surface area (Å²) in [5.74, 6) is -0.258. The lowest BCUT2D eigenvalue weighted by Gasteiger charge is -1.99. The van der Waals surface area contributed by atoms with Crippen LogP contribution in [0.1, 0.15) is 5.56 Å². The molecule has 0 atom stereocenters. The summed E-state index contributed by atoms with van der Waals surface area (Å²) in [6.45, 7) is 0. The number of hydrogen-bond donors (Lipinski definition) is 1. The van der Waals surface area contributed by atoms with E-state index in [9.17, 15) is 9.18 Å². The average Bonchev–Trinajstić information content (AvgIpc) is 2.71. The zero-order chi connectivity index (χ0) is 13.1. The predicted octanol–water partition coefficient (Wildman–Crippen LogP) is 2.79. The van der Waals surface area contributed by atoms with E-state index in [1.54, 1.807) is 0 Å². The number of carbonyl (C=O) groups is 1. The van der Waals surface area contributed by atoms with Gasteiger partial charge in [0, 0.05) is 10.0 Å². The molecule has 1 N–H and O–H groups in total. The third kappa shape index (κ3) is 3.30. The molecule has 0 radical (unpaired) electrons. The molecule has 1 fully saturated rings. The largest absolute Gasteiger partial charge is 0.303 e. The Morgan fingerprint density at radius 2 is 2.33 bits per heavy atom. The van der Waals surface area contributed by atoms with E-state index >= 15 is 0 Å². The van der Waals surface area contributed by atoms with E-state index < -0.39 is 5.82 Å². The van der Waals surface area contributed by atoms with E-state index in [0.29, 0.717) is 21.0 Å². The van der Waals surface area contributed by atoms with Gasteiger partial charge in [0.1, 0.15) is 5.82 Å². The molecule has 2 rings (SSSR count). The van der Waals surface area contributed by atoms with Gasteiger partial charge in [-0.25, -0.2) is 4.39 Å². The van der Waals surface area contributed by atoms with Crippen molar-refractivity contribution in [3.63, 3.8) is 0 Å². The molecule has 94 valence electrons. The second-order valence-corrected chi connectivity index (χ2v) is 5.50. The Labute approximate surface area is 120 Å². The average molecular weight is 351 g/mol. The first-order valence-corrected chi connectivity index (χ1v) is 6.90. The molecule has 0 spiro atoms. The van der Waals surface area contributed by atoms with Gasteiger partial charge in [0.15, 0.2) is 5.17 Å². The van der Waals surface area contributed by atoms with Crippen molar-refractivity contribution in [3.8, 4) is 0 Å². The molecular weight excluding hydrogens is 345 g/mol. The first-order valence-electron chi connectivity index (χ1n) is 4.74. The predicted molar refractivity (Wildman–Crippen MR) is 74.7 cm³/mol. The molecule has 8 heteroatoms. The lowest BCUT2D eigenvalue weighted by Crippen LogP contribution is -2.19. The Hall–Kier alpha value is -0.920. The van der Waals surface area contributed by atoms with Crippen LogP contribution in [0.5, 0.6) is 0 Å². The standard InChI is InChI=1S/C10H6BrClFN3OS/c11-6-2-8(13)7(12)1-5(6)3-14-16-10-15-9(17)4-18-10/h1-3H,4H2,(H,15,16,17). The molecule has 0 aromatic heterocycles. The summed E-state index contributed by atoms with van der Waals surface area (Å²) in [4.78, 5) is 10.9. The highest BCUT2D eigenvalue weighted by molar-refractivity contribution is 9.10. The maximum absolute atomic E-state index is 13.1. The van der Waals surface area contributed by atoms with Gasteiger partial charge in [-0.15, -0.1) is 5.10 Å². The van der Waals surface area contributed by atoms with Crippen LogP contribution in [0.2, 0.25) is 5.02 Å². The number of halogens is 3. The van der Waals surface area contributed by atoms with Gasteiger partial charge < -0.3 is 5.32 Å². The number of thioether (sulfide) groups is 1. The second-order valence-electron chi connectivity index (χ2n) is 3.27. The van der Waals surface area contributed by atoms with E-state index in [1.165, 1.54) is 30.1 Å². The molecule has 1 aromatic rings. The van der Waals surface area contributed by atoms with E-state index in [1.807, 2.05) is 0 Å². The van der Waals surface area contributed by atoms with Crippen molar-refractivity contribution in [3.05, 3.63) is 33.0 Å². The van der Waals surface area contributed by atoms with Gasteiger partial charge in [0.2, 0.25) is 5.91 Å². The number of nitrogens with one attached hydrogen (secondary N) is 1. The normalized spacial score (nSPS) is 17.7. The van der Waals surface area contributed by atoms with Gasteiger partial charge in [0.25, 0.3) is 0 Å². The van der Waals surface area contributed by atoms with Gasteiger partial charge in [0.05, 0.1) is 17.0 Å². The lowest BCUT2D eigenvalue weighted by atomic mass is 10.2. The Balaban J connectivity index is 2.14. The summed E-state index contributed by atoms with van der Waals surface area (Å²) in [7, 11) is 0. The highest BCUT2D eigenvalue weighted by Gasteiger charge is 2.15. The van der Waals surface area contributed by atoms with Crippen molar-refractivity contribution in [2.75, 3.05) is 5.75 Å². The quantitative estimate of drug-likeness (QED) is 0.506. The maximum atomic E-state index is 13.1. The van der Waals surface area contributed by atoms with E-state index in [4.69, 9.17) is 11.6 Å². The molecule has 4 nitrogen and oxygen atoms in total. The number of nitrogens with zero attached hydrogens (tertiary/aromatic N) is 2. The zero-order valence-electron chi connectivity index (χ0n) is 8.78. The van der Waals surface area contributed by atoms with Crippen LogP contribution in [0.25, 0.3) is 0 Å². The molecule has 1 aliphatic heterocycles. The molecule has 18 heavy (non-hydrogen) atoms. The third-order valence-corrected chi connectivity index (χ3v) is 3.81. The molecule has 0 saturated carbocycles. The van der Waals surface area contributed by atoms with Gasteiger partial charge in [-0.2, -0.15) is 5.10 Å². The molecule has 0 aliphatic carbocycles. The molecule has 0 unspecified atom stereocenters. The number of rotatable bonds is 2. The van der Waals surface area contributed by atoms with Gasteiger partial charge >= 0.3 is 0 Å². The fourth-order valence-electron chi connectivity index (χ4n) is 1.16. The topological polar surface area (TPSA) is 53.8 Å². The van der Waals surface area contributed by atoms with Crippen LogP contribution in [0, 0.1) is 5.82 Å². The first-order chi connectivity index (χ1) is 8.56. The monoisotopic (exact) mass is 349 g/mol. The van der Waals surface area contributed by atoms with E-state index in [-0.39, 0.29) is 10.9 Å². The van der Waals surface area contributed by atoms with E-state index in [0.717, 1.165) is 0 Å². The van der Waals surface area contributed by atoms with Crippen LogP contribution in [0.4, 0.5) is 4.39 Å². The summed E-state index contributed by atoms with van der Waals surface area (Å²) in [6.07, 6.45) is 1.42. The molecule has 1 aromatic carbocycles. The van der Waals surface area contributed by atoms with Crippen LogP contribution in [-0.2, 0) is 4.79 Å². The first kappa shape index (κ1) is 13.5. The van der Waals surface area contributed by atoms with Crippen molar-refractivity contribution in [1.82, 2.24) is 5.32 Å². The second kappa shape index (κ2) is 5.81. The Morgan fingerprint density at radius 1 is 1.56 bits per heavy atom. The SMILES string of the molecule is O=C1CSC(=NN=Cc2cc(Cl)c(F)cc2Br)N1. The highest BCUT2D eigenvalue weighted by atomic mass is 79.9. The molecular formula is C10H6BrClFN3OS. The number of amides is 1. The Morgan fingerprint density at radius 3 is 3.00 bits per heavy atom. The molecule has 0 bridgehead atoms. The van der Waals surface area contributed by atoms with Crippen molar-refractivity contribution < 1.29 is 9.18 Å². The minimum absolute atomic E-state index is 0.0100. The van der Waals surface area contributed by atoms with Crippen LogP contribution >= 0.6 is 39.3 Å². The zero-order valence-corrected chi connectivity index (χ0v) is 11.9. The number of hydrogen-bond acceptors (Lipinski definition) is 4. The summed E-state index contributed by atoms with van der Waals surface area (Å²) >= 11 is 10.1. The van der Waals surface area contributed by atoms with Gasteiger partial charge in [-0.1, -0.05) is 39.3 Å². The number of benzene rings is 1. The van der Waals surface area contributed by atoms with Crippen LogP contribution in [-0.4, -0.2) is 23.0 Å². The summed E-state index contributed by atoms with van der Waals surface area (Å²) in [5.41, 5.74) is 0.597. The van der Waals surface area contributed by atoms with Gasteiger partial charge in [-0.3, -0.25) is 4.79 Å². The fourth-order valence-corrected chi connectivity index (χ4v) is 2.38. The number of carbonyl (C=O) groups excluding carboxylic acids is 1. The Bertz CT molecular complexity index is 564. The van der Waals surface area contributed by atoms with Crippen LogP contribution in [0.15, 0.2) is 26.8 Å². The van der Waals surface area contributed by atoms with Crippen LogP contribution in [0.3, 0.4) is 0 Å². The van der Waals surface area contributed by atoms with Crippen molar-refractivity contribution in [2.45, 2.75) is 0 Å². The molecule has 1 heterocycles. The summed E-state index contributed by atoms with van der Waals surface area (Å²) in [5, 5.41) is 10.6. The van der Waals surface area contributed by atoms with Crippen molar-refractivity contribution >= 4 is 56.6 Å². The minimum atomic E-state index is -0.509. The summed E-state index contributed by atoms with van der Waals surface area (Å²) < 4.78 is 13.6. The van der Waals surface area contributed by atoms with Crippen LogP contribution < -0.4 is 5.32 Å². The lowest BCUT2D eigenvalue weighted by molar-refractivity contribution is -0.116. The molecule has 1 amide bonds. The highest BCUT2D eigenvalue weighted by Crippen LogP contribution is 2.23.